The van der Waals surface area contributed by atoms with E-state index in [0.29, 0.717) is 6.04 Å². The van der Waals surface area contributed by atoms with Crippen molar-refractivity contribution in [2.45, 2.75) is 26.3 Å². The molecule has 0 aromatic carbocycles. The van der Waals surface area contributed by atoms with Crippen molar-refractivity contribution < 1.29 is 4.21 Å². The number of pyridine rings is 1. The summed E-state index contributed by atoms with van der Waals surface area (Å²) < 4.78 is 10.9. The molecule has 1 aromatic rings. The molecule has 0 saturated carbocycles. The number of hydrogen-bond donors (Lipinski definition) is 1. The maximum Gasteiger partial charge on any atom is 0.126 e. The Kier molecular flexibility index (Phi) is 4.75. The standard InChI is InChI=1S/C11H18N2OS/c1-9-4-5-11(12-8-9)13-10(2)6-7-15(3)14/h4-5,8,10H,6-7H2,1-3H3,(H,12,13). The third-order valence-electron chi connectivity index (χ3n) is 2.14. The molecular formula is C11H18N2OS. The van der Waals surface area contributed by atoms with E-state index in [4.69, 9.17) is 0 Å². The minimum absolute atomic E-state index is 0.309. The van der Waals surface area contributed by atoms with Crippen LogP contribution in [0.2, 0.25) is 0 Å². The Bertz CT molecular complexity index is 324. The van der Waals surface area contributed by atoms with E-state index in [2.05, 4.69) is 17.2 Å². The second kappa shape index (κ2) is 5.85. The molecule has 0 saturated heterocycles. The van der Waals surface area contributed by atoms with Gasteiger partial charge >= 0.3 is 0 Å². The molecule has 0 aliphatic carbocycles. The van der Waals surface area contributed by atoms with E-state index in [1.165, 1.54) is 0 Å². The number of nitrogens with one attached hydrogen (secondary N) is 1. The van der Waals surface area contributed by atoms with Crippen LogP contribution in [-0.2, 0) is 10.8 Å². The number of aromatic nitrogens is 1. The highest BCUT2D eigenvalue weighted by Gasteiger charge is 2.03. The van der Waals surface area contributed by atoms with Crippen LogP contribution in [-0.4, -0.2) is 27.2 Å². The number of anilines is 1. The van der Waals surface area contributed by atoms with E-state index in [1.54, 1.807) is 6.26 Å². The minimum atomic E-state index is -0.708. The predicted molar refractivity (Wildman–Crippen MR) is 65.6 cm³/mol. The van der Waals surface area contributed by atoms with Gasteiger partial charge in [0.25, 0.3) is 0 Å². The number of nitrogens with zero attached hydrogens (tertiary/aromatic N) is 1. The lowest BCUT2D eigenvalue weighted by Crippen LogP contribution is -2.18. The fraction of sp³-hybridized carbons (Fsp3) is 0.545. The van der Waals surface area contributed by atoms with Gasteiger partial charge in [0.15, 0.2) is 0 Å². The quantitative estimate of drug-likeness (QED) is 0.834. The first-order valence-electron chi connectivity index (χ1n) is 5.07. The predicted octanol–water partition coefficient (Wildman–Crippen LogP) is 1.96. The van der Waals surface area contributed by atoms with Gasteiger partial charge in [0.1, 0.15) is 5.82 Å². The minimum Gasteiger partial charge on any atom is -0.368 e. The fourth-order valence-electron chi connectivity index (χ4n) is 1.22. The van der Waals surface area contributed by atoms with Gasteiger partial charge < -0.3 is 5.32 Å². The van der Waals surface area contributed by atoms with Crippen molar-refractivity contribution in [3.8, 4) is 0 Å². The first-order valence-corrected chi connectivity index (χ1v) is 6.80. The highest BCUT2D eigenvalue weighted by molar-refractivity contribution is 7.84. The van der Waals surface area contributed by atoms with Crippen LogP contribution >= 0.6 is 0 Å². The summed E-state index contributed by atoms with van der Waals surface area (Å²) >= 11 is 0. The third-order valence-corrected chi connectivity index (χ3v) is 2.95. The summed E-state index contributed by atoms with van der Waals surface area (Å²) in [6.07, 6.45) is 4.47. The van der Waals surface area contributed by atoms with Crippen LogP contribution in [0.1, 0.15) is 18.9 Å². The largest absolute Gasteiger partial charge is 0.368 e. The zero-order valence-corrected chi connectivity index (χ0v) is 10.3. The van der Waals surface area contributed by atoms with Gasteiger partial charge in [-0.2, -0.15) is 0 Å². The molecule has 1 aromatic heterocycles. The molecule has 1 heterocycles. The average molecular weight is 226 g/mol. The monoisotopic (exact) mass is 226 g/mol. The van der Waals surface area contributed by atoms with Crippen molar-refractivity contribution in [1.82, 2.24) is 4.98 Å². The van der Waals surface area contributed by atoms with Crippen molar-refractivity contribution in [3.63, 3.8) is 0 Å². The molecule has 84 valence electrons. The Morgan fingerprint density at radius 1 is 1.53 bits per heavy atom. The molecule has 2 unspecified atom stereocenters. The molecule has 1 rings (SSSR count). The van der Waals surface area contributed by atoms with Gasteiger partial charge in [-0.3, -0.25) is 4.21 Å². The van der Waals surface area contributed by atoms with Gasteiger partial charge in [0.05, 0.1) is 0 Å². The molecule has 0 bridgehead atoms. The average Bonchev–Trinajstić information content (AvgIpc) is 2.19. The number of hydrogen-bond acceptors (Lipinski definition) is 3. The normalized spacial score (nSPS) is 14.6. The summed E-state index contributed by atoms with van der Waals surface area (Å²) in [5.74, 6) is 1.62. The third kappa shape index (κ3) is 4.93. The van der Waals surface area contributed by atoms with Crippen molar-refractivity contribution in [1.29, 1.82) is 0 Å². The van der Waals surface area contributed by atoms with E-state index in [1.807, 2.05) is 25.3 Å². The summed E-state index contributed by atoms with van der Waals surface area (Å²) in [6, 6.07) is 4.30. The summed E-state index contributed by atoms with van der Waals surface area (Å²) in [4.78, 5) is 4.26. The van der Waals surface area contributed by atoms with Gasteiger partial charge in [-0.05, 0) is 31.9 Å². The Morgan fingerprint density at radius 3 is 2.80 bits per heavy atom. The molecule has 0 aliphatic rings. The summed E-state index contributed by atoms with van der Waals surface area (Å²) in [7, 11) is -0.708. The SMILES string of the molecule is Cc1ccc(NC(C)CCS(C)=O)nc1. The maximum absolute atomic E-state index is 10.9. The van der Waals surface area contributed by atoms with E-state index in [9.17, 15) is 4.21 Å². The molecule has 15 heavy (non-hydrogen) atoms. The van der Waals surface area contributed by atoms with Crippen LogP contribution in [0.4, 0.5) is 5.82 Å². The van der Waals surface area contributed by atoms with Gasteiger partial charge in [-0.25, -0.2) is 4.98 Å². The highest BCUT2D eigenvalue weighted by Crippen LogP contribution is 2.07. The Labute approximate surface area is 93.8 Å². The van der Waals surface area contributed by atoms with Crippen molar-refractivity contribution in [2.24, 2.45) is 0 Å². The first kappa shape index (κ1) is 12.2. The van der Waals surface area contributed by atoms with Crippen LogP contribution < -0.4 is 5.32 Å². The Hall–Kier alpha value is -0.900. The van der Waals surface area contributed by atoms with Crippen LogP contribution in [0.15, 0.2) is 18.3 Å². The second-order valence-electron chi connectivity index (χ2n) is 3.83. The lowest BCUT2D eigenvalue weighted by molar-refractivity contribution is 0.678. The van der Waals surface area contributed by atoms with Gasteiger partial charge in [-0.1, -0.05) is 6.07 Å². The molecule has 0 fully saturated rings. The van der Waals surface area contributed by atoms with Crippen LogP contribution in [0.5, 0.6) is 0 Å². The Balaban J connectivity index is 2.40. The molecule has 0 amide bonds. The fourth-order valence-corrected chi connectivity index (χ4v) is 1.91. The molecule has 0 spiro atoms. The molecule has 1 N–H and O–H groups in total. The van der Waals surface area contributed by atoms with Gasteiger partial charge in [0, 0.05) is 35.0 Å². The van der Waals surface area contributed by atoms with E-state index >= 15 is 0 Å². The van der Waals surface area contributed by atoms with E-state index < -0.39 is 10.8 Å². The second-order valence-corrected chi connectivity index (χ2v) is 5.39. The molecular weight excluding hydrogens is 208 g/mol. The summed E-state index contributed by atoms with van der Waals surface area (Å²) in [5.41, 5.74) is 1.16. The lowest BCUT2D eigenvalue weighted by atomic mass is 10.2. The number of aryl methyl sites for hydroxylation is 1. The smallest absolute Gasteiger partial charge is 0.126 e. The van der Waals surface area contributed by atoms with Crippen LogP contribution in [0, 0.1) is 6.92 Å². The van der Waals surface area contributed by atoms with Crippen LogP contribution in [0.25, 0.3) is 0 Å². The van der Waals surface area contributed by atoms with Gasteiger partial charge in [-0.15, -0.1) is 0 Å². The number of rotatable bonds is 5. The molecule has 4 heteroatoms. The summed E-state index contributed by atoms with van der Waals surface area (Å²) in [6.45, 7) is 4.09. The summed E-state index contributed by atoms with van der Waals surface area (Å²) in [5, 5.41) is 3.28. The van der Waals surface area contributed by atoms with Crippen molar-refractivity contribution >= 4 is 16.6 Å². The van der Waals surface area contributed by atoms with Crippen molar-refractivity contribution in [3.05, 3.63) is 23.9 Å². The van der Waals surface area contributed by atoms with Crippen molar-refractivity contribution in [2.75, 3.05) is 17.3 Å². The lowest BCUT2D eigenvalue weighted by Gasteiger charge is -2.13. The zero-order chi connectivity index (χ0) is 11.3. The topological polar surface area (TPSA) is 42.0 Å². The highest BCUT2D eigenvalue weighted by atomic mass is 32.2. The van der Waals surface area contributed by atoms with E-state index in [-0.39, 0.29) is 0 Å². The Morgan fingerprint density at radius 2 is 2.27 bits per heavy atom. The molecule has 3 nitrogen and oxygen atoms in total. The molecule has 0 aliphatic heterocycles. The maximum atomic E-state index is 10.9. The molecule has 2 atom stereocenters. The zero-order valence-electron chi connectivity index (χ0n) is 9.49. The van der Waals surface area contributed by atoms with Gasteiger partial charge in [0.2, 0.25) is 0 Å². The molecule has 0 radical (unpaired) electrons. The van der Waals surface area contributed by atoms with Crippen LogP contribution in [0.3, 0.4) is 0 Å². The first-order chi connectivity index (χ1) is 7.08. The van der Waals surface area contributed by atoms with E-state index in [0.717, 1.165) is 23.6 Å².